The summed E-state index contributed by atoms with van der Waals surface area (Å²) >= 11 is 0. The standard InChI is InChI=1S/C27H50OSi2/c1-23(17-15-21-29(6,7)8)16-11-12-19-25-22-26(25)24(2)18-13-14-20-28-30(9,10)27(3,4)5/h11-12,16,19,23-26H,13-14,17-18,20,22H2,1-10H3/b16-11+,19-12+/t23-,24-,25+,26+/m0/s1. The fourth-order valence-electron chi connectivity index (χ4n) is 3.44. The Morgan fingerprint density at radius 1 is 1.03 bits per heavy atom. The Balaban J connectivity index is 2.20. The quantitative estimate of drug-likeness (QED) is 0.134. The monoisotopic (exact) mass is 446 g/mol. The third kappa shape index (κ3) is 11.2. The molecular formula is C27H50OSi2. The van der Waals surface area contributed by atoms with E-state index in [1.807, 2.05) is 0 Å². The van der Waals surface area contributed by atoms with Crippen LogP contribution >= 0.6 is 0 Å². The van der Waals surface area contributed by atoms with Gasteiger partial charge < -0.3 is 4.43 Å². The maximum absolute atomic E-state index is 6.31. The van der Waals surface area contributed by atoms with Crippen molar-refractivity contribution in [2.75, 3.05) is 6.61 Å². The van der Waals surface area contributed by atoms with Gasteiger partial charge in [0, 0.05) is 13.0 Å². The molecule has 0 amide bonds. The van der Waals surface area contributed by atoms with Crippen molar-refractivity contribution >= 4 is 16.4 Å². The molecule has 0 aromatic heterocycles. The van der Waals surface area contributed by atoms with Crippen LogP contribution in [0.3, 0.4) is 0 Å². The third-order valence-electron chi connectivity index (χ3n) is 6.74. The molecule has 30 heavy (non-hydrogen) atoms. The molecule has 0 radical (unpaired) electrons. The normalized spacial score (nSPS) is 22.2. The molecule has 172 valence electrons. The molecule has 0 heterocycles. The highest BCUT2D eigenvalue weighted by Crippen LogP contribution is 2.46. The molecule has 1 rings (SSSR count). The first kappa shape index (κ1) is 27.5. The molecule has 4 atom stereocenters. The Hall–Kier alpha value is -0.566. The molecule has 0 saturated heterocycles. The first-order valence-electron chi connectivity index (χ1n) is 12.2. The van der Waals surface area contributed by atoms with Crippen molar-refractivity contribution in [3.63, 3.8) is 0 Å². The van der Waals surface area contributed by atoms with E-state index in [1.165, 1.54) is 25.7 Å². The van der Waals surface area contributed by atoms with E-state index >= 15 is 0 Å². The highest BCUT2D eigenvalue weighted by atomic mass is 28.4. The SMILES string of the molecule is C[C@@H](/C=C/C=C/[C@@H]1C[C@@H]1[C@@H](C)CCCCO[Si](C)(C)C(C)(C)C)CC#C[Si](C)(C)C. The average molecular weight is 447 g/mol. The van der Waals surface area contributed by atoms with E-state index in [4.69, 9.17) is 4.43 Å². The molecule has 3 heteroatoms. The van der Waals surface area contributed by atoms with Gasteiger partial charge in [-0.3, -0.25) is 0 Å². The molecule has 1 fully saturated rings. The fourth-order valence-corrected chi connectivity index (χ4v) is 5.16. The molecule has 0 aromatic carbocycles. The smallest absolute Gasteiger partial charge is 0.191 e. The molecular weight excluding hydrogens is 396 g/mol. The van der Waals surface area contributed by atoms with Gasteiger partial charge in [-0.1, -0.05) is 91.4 Å². The minimum atomic E-state index is -1.57. The number of rotatable bonds is 11. The lowest BCUT2D eigenvalue weighted by atomic mass is 9.97. The summed E-state index contributed by atoms with van der Waals surface area (Å²) in [5.74, 6) is 6.47. The second kappa shape index (κ2) is 11.9. The summed E-state index contributed by atoms with van der Waals surface area (Å²) in [6.45, 7) is 24.2. The summed E-state index contributed by atoms with van der Waals surface area (Å²) in [6, 6.07) is 0. The Bertz CT molecular complexity index is 622. The molecule has 1 aliphatic carbocycles. The minimum Gasteiger partial charge on any atom is -0.417 e. The van der Waals surface area contributed by atoms with Crippen LogP contribution in [0, 0.1) is 35.1 Å². The van der Waals surface area contributed by atoms with Crippen molar-refractivity contribution in [3.05, 3.63) is 24.3 Å². The van der Waals surface area contributed by atoms with E-state index in [0.29, 0.717) is 11.0 Å². The zero-order chi connectivity index (χ0) is 23.0. The van der Waals surface area contributed by atoms with Crippen molar-refractivity contribution in [1.29, 1.82) is 0 Å². The summed E-state index contributed by atoms with van der Waals surface area (Å²) in [7, 11) is -2.79. The van der Waals surface area contributed by atoms with Gasteiger partial charge in [-0.15, -0.1) is 11.5 Å². The van der Waals surface area contributed by atoms with Crippen molar-refractivity contribution < 1.29 is 4.43 Å². The largest absolute Gasteiger partial charge is 0.417 e. The topological polar surface area (TPSA) is 9.23 Å². The number of unbranched alkanes of at least 4 members (excludes halogenated alkanes) is 1. The molecule has 0 spiro atoms. The fraction of sp³-hybridized carbons (Fsp3) is 0.778. The summed E-state index contributed by atoms with van der Waals surface area (Å²) in [5.41, 5.74) is 3.46. The van der Waals surface area contributed by atoms with Gasteiger partial charge in [0.2, 0.25) is 0 Å². The van der Waals surface area contributed by atoms with E-state index in [-0.39, 0.29) is 0 Å². The lowest BCUT2D eigenvalue weighted by Gasteiger charge is -2.36. The van der Waals surface area contributed by atoms with E-state index in [2.05, 4.69) is 103 Å². The Kier molecular flexibility index (Phi) is 10.9. The van der Waals surface area contributed by atoms with Crippen LogP contribution in [0.15, 0.2) is 24.3 Å². The van der Waals surface area contributed by atoms with Crippen LogP contribution in [-0.4, -0.2) is 23.0 Å². The van der Waals surface area contributed by atoms with Crippen LogP contribution in [0.5, 0.6) is 0 Å². The molecule has 0 aliphatic heterocycles. The number of hydrogen-bond acceptors (Lipinski definition) is 1. The van der Waals surface area contributed by atoms with E-state index < -0.39 is 16.4 Å². The highest BCUT2D eigenvalue weighted by Gasteiger charge is 2.38. The summed E-state index contributed by atoms with van der Waals surface area (Å²) in [4.78, 5) is 0. The van der Waals surface area contributed by atoms with Crippen molar-refractivity contribution in [2.45, 2.75) is 104 Å². The first-order valence-corrected chi connectivity index (χ1v) is 18.6. The molecule has 0 N–H and O–H groups in total. The Morgan fingerprint density at radius 2 is 1.70 bits per heavy atom. The van der Waals surface area contributed by atoms with Crippen LogP contribution in [0.25, 0.3) is 0 Å². The summed E-state index contributed by atoms with van der Waals surface area (Å²) in [5, 5.41) is 0.321. The number of allylic oxidation sites excluding steroid dienone is 4. The predicted octanol–water partition coefficient (Wildman–Crippen LogP) is 8.47. The third-order valence-corrected chi connectivity index (χ3v) is 12.2. The van der Waals surface area contributed by atoms with Crippen LogP contribution in [0.4, 0.5) is 0 Å². The molecule has 1 aliphatic rings. The lowest BCUT2D eigenvalue weighted by molar-refractivity contribution is 0.272. The van der Waals surface area contributed by atoms with Crippen molar-refractivity contribution in [1.82, 2.24) is 0 Å². The van der Waals surface area contributed by atoms with Gasteiger partial charge in [-0.05, 0) is 54.6 Å². The van der Waals surface area contributed by atoms with Gasteiger partial charge in [0.15, 0.2) is 8.32 Å². The maximum atomic E-state index is 6.31. The predicted molar refractivity (Wildman–Crippen MR) is 141 cm³/mol. The molecule has 0 aromatic rings. The number of hydrogen-bond donors (Lipinski definition) is 0. The van der Waals surface area contributed by atoms with E-state index in [0.717, 1.165) is 30.8 Å². The van der Waals surface area contributed by atoms with Crippen LogP contribution < -0.4 is 0 Å². The zero-order valence-corrected chi connectivity index (χ0v) is 23.8. The molecule has 0 unspecified atom stereocenters. The minimum absolute atomic E-state index is 0.321. The van der Waals surface area contributed by atoms with Crippen molar-refractivity contribution in [2.24, 2.45) is 23.7 Å². The van der Waals surface area contributed by atoms with Crippen LogP contribution in [-0.2, 0) is 4.43 Å². The summed E-state index contributed by atoms with van der Waals surface area (Å²) in [6.07, 6.45) is 15.5. The Labute approximate surface area is 191 Å². The maximum Gasteiger partial charge on any atom is 0.191 e. The van der Waals surface area contributed by atoms with Crippen LogP contribution in [0.1, 0.15) is 66.7 Å². The lowest BCUT2D eigenvalue weighted by Crippen LogP contribution is -2.40. The first-order chi connectivity index (χ1) is 13.7. The second-order valence-electron chi connectivity index (χ2n) is 12.1. The van der Waals surface area contributed by atoms with E-state index in [9.17, 15) is 0 Å². The molecule has 1 nitrogen and oxygen atoms in total. The second-order valence-corrected chi connectivity index (χ2v) is 21.7. The van der Waals surface area contributed by atoms with Gasteiger partial charge >= 0.3 is 0 Å². The van der Waals surface area contributed by atoms with Crippen LogP contribution in [0.2, 0.25) is 37.8 Å². The molecule has 0 bridgehead atoms. The van der Waals surface area contributed by atoms with Gasteiger partial charge in [-0.2, -0.15) is 0 Å². The summed E-state index contributed by atoms with van der Waals surface area (Å²) < 4.78 is 6.31. The highest BCUT2D eigenvalue weighted by molar-refractivity contribution is 6.83. The molecule has 1 saturated carbocycles. The zero-order valence-electron chi connectivity index (χ0n) is 21.8. The van der Waals surface area contributed by atoms with Gasteiger partial charge in [0.05, 0.1) is 0 Å². The van der Waals surface area contributed by atoms with Gasteiger partial charge in [0.1, 0.15) is 8.07 Å². The Morgan fingerprint density at radius 3 is 2.30 bits per heavy atom. The van der Waals surface area contributed by atoms with Gasteiger partial charge in [0.25, 0.3) is 0 Å². The van der Waals surface area contributed by atoms with E-state index in [1.54, 1.807) is 0 Å². The van der Waals surface area contributed by atoms with Crippen molar-refractivity contribution in [3.8, 4) is 11.5 Å². The van der Waals surface area contributed by atoms with Gasteiger partial charge in [-0.25, -0.2) is 0 Å². The average Bonchev–Trinajstić information content (AvgIpc) is 3.35.